The molecule has 2 aromatic rings. The Morgan fingerprint density at radius 2 is 2.00 bits per heavy atom. The van der Waals surface area contributed by atoms with E-state index in [9.17, 15) is 9.18 Å². The van der Waals surface area contributed by atoms with Crippen LogP contribution in [0.1, 0.15) is 10.4 Å². The Bertz CT molecular complexity index is 641. The van der Waals surface area contributed by atoms with E-state index in [1.165, 1.54) is 25.3 Å². The van der Waals surface area contributed by atoms with Crippen LogP contribution in [0.4, 0.5) is 4.39 Å². The summed E-state index contributed by atoms with van der Waals surface area (Å²) in [5.74, 6) is -1.11. The molecule has 3 nitrogen and oxygen atoms in total. The molecule has 1 N–H and O–H groups in total. The van der Waals surface area contributed by atoms with Crippen LogP contribution in [0.5, 0.6) is 5.75 Å². The third-order valence-corrected chi connectivity index (χ3v) is 3.30. The van der Waals surface area contributed by atoms with Gasteiger partial charge in [0.25, 0.3) is 0 Å². The van der Waals surface area contributed by atoms with Gasteiger partial charge in [-0.15, -0.1) is 0 Å². The molecule has 2 rings (SSSR count). The van der Waals surface area contributed by atoms with Gasteiger partial charge in [-0.05, 0) is 40.2 Å². The van der Waals surface area contributed by atoms with Crippen molar-refractivity contribution in [2.45, 2.75) is 0 Å². The lowest BCUT2D eigenvalue weighted by molar-refractivity contribution is 0.0697. The Morgan fingerprint density at radius 3 is 2.63 bits per heavy atom. The molecular formula is C14H10BrFO3. The Labute approximate surface area is 117 Å². The lowest BCUT2D eigenvalue weighted by Gasteiger charge is -2.11. The average Bonchev–Trinajstić information content (AvgIpc) is 2.41. The van der Waals surface area contributed by atoms with E-state index >= 15 is 0 Å². The maximum atomic E-state index is 14.1. The highest BCUT2D eigenvalue weighted by molar-refractivity contribution is 9.10. The summed E-state index contributed by atoms with van der Waals surface area (Å²) in [7, 11) is 1.45. The molecule has 0 heterocycles. The van der Waals surface area contributed by atoms with E-state index in [1.54, 1.807) is 18.2 Å². The zero-order valence-electron chi connectivity index (χ0n) is 9.98. The molecule has 0 bridgehead atoms. The lowest BCUT2D eigenvalue weighted by atomic mass is 10.0. The molecule has 0 aliphatic carbocycles. The molecule has 0 fully saturated rings. The highest BCUT2D eigenvalue weighted by atomic mass is 79.9. The van der Waals surface area contributed by atoms with Crippen LogP contribution in [0.25, 0.3) is 11.1 Å². The van der Waals surface area contributed by atoms with Crippen LogP contribution in [0, 0.1) is 5.82 Å². The number of ether oxygens (including phenoxy) is 1. The van der Waals surface area contributed by atoms with Crippen LogP contribution >= 0.6 is 15.9 Å². The van der Waals surface area contributed by atoms with Gasteiger partial charge in [0.1, 0.15) is 11.6 Å². The number of hydrogen-bond acceptors (Lipinski definition) is 2. The van der Waals surface area contributed by atoms with Gasteiger partial charge in [-0.1, -0.05) is 12.1 Å². The summed E-state index contributed by atoms with van der Waals surface area (Å²) in [6.45, 7) is 0. The van der Waals surface area contributed by atoms with Gasteiger partial charge in [0.15, 0.2) is 0 Å². The maximum absolute atomic E-state index is 14.1. The van der Waals surface area contributed by atoms with Gasteiger partial charge in [0.05, 0.1) is 17.1 Å². The second-order valence-electron chi connectivity index (χ2n) is 3.82. The molecule has 0 atom stereocenters. The maximum Gasteiger partial charge on any atom is 0.335 e. The fraction of sp³-hybridized carbons (Fsp3) is 0.0714. The molecule has 0 unspecified atom stereocenters. The number of halogens is 2. The zero-order valence-corrected chi connectivity index (χ0v) is 11.6. The van der Waals surface area contributed by atoms with Gasteiger partial charge in [0, 0.05) is 11.1 Å². The van der Waals surface area contributed by atoms with Crippen molar-refractivity contribution in [3.05, 3.63) is 52.3 Å². The second-order valence-corrected chi connectivity index (χ2v) is 4.68. The van der Waals surface area contributed by atoms with Crippen molar-refractivity contribution < 1.29 is 19.0 Å². The first-order chi connectivity index (χ1) is 9.04. The Kier molecular flexibility index (Phi) is 3.85. The highest BCUT2D eigenvalue weighted by Gasteiger charge is 2.15. The van der Waals surface area contributed by atoms with Crippen LogP contribution in [0.3, 0.4) is 0 Å². The Morgan fingerprint density at radius 1 is 1.26 bits per heavy atom. The summed E-state index contributed by atoms with van der Waals surface area (Å²) < 4.78 is 19.6. The highest BCUT2D eigenvalue weighted by Crippen LogP contribution is 2.34. The fourth-order valence-corrected chi connectivity index (χ4v) is 2.13. The van der Waals surface area contributed by atoms with Gasteiger partial charge in [-0.3, -0.25) is 0 Å². The van der Waals surface area contributed by atoms with Crippen LogP contribution in [-0.4, -0.2) is 18.2 Å². The Hall–Kier alpha value is -1.88. The number of aromatic carboxylic acids is 1. The van der Waals surface area contributed by atoms with Crippen LogP contribution in [0.2, 0.25) is 0 Å². The molecule has 19 heavy (non-hydrogen) atoms. The number of benzene rings is 2. The summed E-state index contributed by atoms with van der Waals surface area (Å²) >= 11 is 3.11. The molecule has 0 saturated carbocycles. The van der Waals surface area contributed by atoms with Gasteiger partial charge in [-0.25, -0.2) is 9.18 Å². The van der Waals surface area contributed by atoms with Gasteiger partial charge < -0.3 is 9.84 Å². The number of rotatable bonds is 3. The van der Waals surface area contributed by atoms with Gasteiger partial charge in [0.2, 0.25) is 0 Å². The predicted octanol–water partition coefficient (Wildman–Crippen LogP) is 3.96. The summed E-state index contributed by atoms with van der Waals surface area (Å²) in [6, 6.07) is 9.15. The second kappa shape index (κ2) is 5.40. The standard InChI is InChI=1S/C14H10BrFO3/c1-19-12-6-5-8(14(17)18)7-10(12)9-3-2-4-11(15)13(9)16/h2-7H,1H3,(H,17,18). The molecule has 98 valence electrons. The minimum atomic E-state index is -1.07. The lowest BCUT2D eigenvalue weighted by Crippen LogP contribution is -1.98. The van der Waals surface area contributed by atoms with E-state index in [-0.39, 0.29) is 11.1 Å². The van der Waals surface area contributed by atoms with Crippen molar-refractivity contribution in [3.8, 4) is 16.9 Å². The number of carboxylic acid groups (broad SMARTS) is 1. The van der Waals surface area contributed by atoms with Crippen LogP contribution in [-0.2, 0) is 0 Å². The van der Waals surface area contributed by atoms with Gasteiger partial charge >= 0.3 is 5.97 Å². The molecule has 0 radical (unpaired) electrons. The third kappa shape index (κ3) is 2.61. The molecule has 0 spiro atoms. The van der Waals surface area contributed by atoms with E-state index in [1.807, 2.05) is 0 Å². The summed E-state index contributed by atoms with van der Waals surface area (Å²) in [4.78, 5) is 11.0. The van der Waals surface area contributed by atoms with E-state index in [0.29, 0.717) is 15.8 Å². The first kappa shape index (κ1) is 13.5. The Balaban J connectivity index is 2.68. The minimum absolute atomic E-state index is 0.0789. The number of carbonyl (C=O) groups is 1. The molecule has 0 amide bonds. The van der Waals surface area contributed by atoms with Crippen molar-refractivity contribution in [1.29, 1.82) is 0 Å². The van der Waals surface area contributed by atoms with Crippen molar-refractivity contribution in [3.63, 3.8) is 0 Å². The molecule has 5 heteroatoms. The van der Waals surface area contributed by atoms with E-state index in [4.69, 9.17) is 9.84 Å². The molecule has 0 aliphatic heterocycles. The monoisotopic (exact) mass is 324 g/mol. The topological polar surface area (TPSA) is 46.5 Å². The summed E-state index contributed by atoms with van der Waals surface area (Å²) in [5.41, 5.74) is 0.769. The average molecular weight is 325 g/mol. The largest absolute Gasteiger partial charge is 0.496 e. The molecule has 0 aromatic heterocycles. The number of carboxylic acids is 1. The fourth-order valence-electron chi connectivity index (χ4n) is 1.76. The number of hydrogen-bond donors (Lipinski definition) is 1. The smallest absolute Gasteiger partial charge is 0.335 e. The molecule has 0 saturated heterocycles. The normalized spacial score (nSPS) is 10.3. The SMILES string of the molecule is COc1ccc(C(=O)O)cc1-c1cccc(Br)c1F. The molecule has 2 aromatic carbocycles. The van der Waals surface area contributed by atoms with Crippen LogP contribution < -0.4 is 4.74 Å². The van der Waals surface area contributed by atoms with Crippen molar-refractivity contribution in [2.24, 2.45) is 0 Å². The van der Waals surface area contributed by atoms with Crippen molar-refractivity contribution in [1.82, 2.24) is 0 Å². The van der Waals surface area contributed by atoms with Crippen molar-refractivity contribution >= 4 is 21.9 Å². The molecular weight excluding hydrogens is 315 g/mol. The number of methoxy groups -OCH3 is 1. The summed E-state index contributed by atoms with van der Waals surface area (Å²) in [5, 5.41) is 9.00. The van der Waals surface area contributed by atoms with Gasteiger partial charge in [-0.2, -0.15) is 0 Å². The first-order valence-electron chi connectivity index (χ1n) is 5.40. The predicted molar refractivity (Wildman–Crippen MR) is 73.0 cm³/mol. The van der Waals surface area contributed by atoms with Crippen molar-refractivity contribution in [2.75, 3.05) is 7.11 Å². The van der Waals surface area contributed by atoms with E-state index in [0.717, 1.165) is 0 Å². The van der Waals surface area contributed by atoms with E-state index in [2.05, 4.69) is 15.9 Å². The first-order valence-corrected chi connectivity index (χ1v) is 6.19. The summed E-state index contributed by atoms with van der Waals surface area (Å²) in [6.07, 6.45) is 0. The van der Waals surface area contributed by atoms with E-state index < -0.39 is 11.8 Å². The third-order valence-electron chi connectivity index (χ3n) is 2.69. The molecule has 0 aliphatic rings. The quantitative estimate of drug-likeness (QED) is 0.929. The minimum Gasteiger partial charge on any atom is -0.496 e. The van der Waals surface area contributed by atoms with Crippen LogP contribution in [0.15, 0.2) is 40.9 Å². The zero-order chi connectivity index (χ0) is 14.0.